The molecule has 344 valence electrons. The van der Waals surface area contributed by atoms with Crippen LogP contribution >= 0.6 is 11.9 Å². The number of urea groups is 1. The highest BCUT2D eigenvalue weighted by molar-refractivity contribution is 7.96. The van der Waals surface area contributed by atoms with Crippen molar-refractivity contribution in [2.24, 2.45) is 0 Å². The zero-order chi connectivity index (χ0) is 46.5. The summed E-state index contributed by atoms with van der Waals surface area (Å²) in [6, 6.07) is 25.2. The van der Waals surface area contributed by atoms with Crippen molar-refractivity contribution in [2.45, 2.75) is 81.7 Å². The molecule has 0 bridgehead atoms. The Morgan fingerprint density at radius 2 is 1.77 bits per heavy atom. The van der Waals surface area contributed by atoms with E-state index in [1.807, 2.05) is 59.5 Å². The topological polar surface area (TPSA) is 187 Å². The number of anilines is 3. The van der Waals surface area contributed by atoms with E-state index in [-0.39, 0.29) is 53.9 Å². The van der Waals surface area contributed by atoms with Crippen LogP contribution < -0.4 is 25.6 Å². The van der Waals surface area contributed by atoms with Crippen LogP contribution in [0.5, 0.6) is 5.88 Å². The molecule has 4 N–H and O–H groups in total. The van der Waals surface area contributed by atoms with E-state index < -0.39 is 11.7 Å². The Bertz CT molecular complexity index is 2660. The van der Waals surface area contributed by atoms with Crippen LogP contribution in [0.2, 0.25) is 0 Å². The Labute approximate surface area is 388 Å². The first-order valence-electron chi connectivity index (χ1n) is 22.3. The van der Waals surface area contributed by atoms with Gasteiger partial charge in [0.2, 0.25) is 5.89 Å². The lowest BCUT2D eigenvalue weighted by Crippen LogP contribution is -2.49. The van der Waals surface area contributed by atoms with E-state index >= 15 is 0 Å². The predicted octanol–water partition coefficient (Wildman–Crippen LogP) is 8.73. The molecule has 0 saturated carbocycles. The molecular formula is C50H55N7O8S. The molecule has 0 spiro atoms. The summed E-state index contributed by atoms with van der Waals surface area (Å²) >= 11 is 1.78. The van der Waals surface area contributed by atoms with Crippen LogP contribution in [0.15, 0.2) is 95.6 Å². The van der Waals surface area contributed by atoms with E-state index in [9.17, 15) is 29.1 Å². The van der Waals surface area contributed by atoms with Gasteiger partial charge >= 0.3 is 12.0 Å². The number of aromatic nitrogens is 1. The second-order valence-electron chi connectivity index (χ2n) is 17.5. The maximum atomic E-state index is 13.8. The van der Waals surface area contributed by atoms with Crippen LogP contribution in [-0.4, -0.2) is 101 Å². The molecule has 3 aliphatic heterocycles. The van der Waals surface area contributed by atoms with E-state index in [1.165, 1.54) is 5.56 Å². The summed E-state index contributed by atoms with van der Waals surface area (Å²) in [7, 11) is 1.78. The van der Waals surface area contributed by atoms with Crippen molar-refractivity contribution >= 4 is 70.3 Å². The molecule has 3 amide bonds. The third-order valence-electron chi connectivity index (χ3n) is 12.8. The van der Waals surface area contributed by atoms with Crippen LogP contribution in [0.3, 0.4) is 0 Å². The molecule has 1 aromatic heterocycles. The highest BCUT2D eigenvalue weighted by Crippen LogP contribution is 2.44. The number of oxazole rings is 1. The number of aldehydes is 2. The fourth-order valence-corrected chi connectivity index (χ4v) is 10.7. The minimum Gasteiger partial charge on any atom is -0.475 e. The third-order valence-corrected chi connectivity index (χ3v) is 14.3. The molecule has 16 heteroatoms. The Balaban J connectivity index is 0.838. The number of benzene rings is 4. The van der Waals surface area contributed by atoms with Gasteiger partial charge in [0.1, 0.15) is 12.9 Å². The zero-order valence-electron chi connectivity index (χ0n) is 37.4. The molecular weight excluding hydrogens is 859 g/mol. The minimum atomic E-state index is -1.34. The number of rotatable bonds is 18. The highest BCUT2D eigenvalue weighted by Gasteiger charge is 2.38. The van der Waals surface area contributed by atoms with Gasteiger partial charge in [-0.3, -0.25) is 14.5 Å². The standard InChI is InChI=1S/C50H55N7O8S/c1-31(51-4)41(15-8-24-58)57-42-17-16-38(39-13-7-14-40(43(39)42)47(57)60)33-18-21-55(22-19-33)49(63)53-35-11-5-9-32(27-35)30-66-56-23-20-37(29-50(56,2)3)52-36-12-6-10-34(28-36)45-54-46(64-26-25-59)44(65-45)48(61)62/h5-7,9-14,16-17,24-25,27-28,33,37,41,51-52H,1,8,15,18-23,26,29-30H2,2-4H3,(H,53,63)(H,61,62). The average molecular weight is 914 g/mol. The molecule has 4 aromatic carbocycles. The van der Waals surface area contributed by atoms with Crippen LogP contribution in [0.4, 0.5) is 21.9 Å². The van der Waals surface area contributed by atoms with Gasteiger partial charge in [0.15, 0.2) is 6.29 Å². The maximum absolute atomic E-state index is 13.8. The van der Waals surface area contributed by atoms with Crippen LogP contribution in [0, 0.1) is 0 Å². The molecule has 3 aliphatic rings. The molecule has 66 heavy (non-hydrogen) atoms. The minimum absolute atomic E-state index is 0.0841. The SMILES string of the molecule is C=C(NC)C(CCC=O)N1C(=O)c2cccc3c(C4CCN(C(=O)Nc5cccc(CSN6CCC(Nc7cccc(-c8nc(OCC=O)c(C(=O)O)o8)c7)CC6(C)C)c5)CC4)ccc1c23. The maximum Gasteiger partial charge on any atom is 0.377 e. The largest absolute Gasteiger partial charge is 0.475 e. The average Bonchev–Trinajstić information content (AvgIpc) is 3.88. The molecule has 2 saturated heterocycles. The van der Waals surface area contributed by atoms with Gasteiger partial charge in [-0.05, 0) is 111 Å². The summed E-state index contributed by atoms with van der Waals surface area (Å²) in [6.45, 7) is 10.4. The number of hydrogen-bond donors (Lipinski definition) is 4. The first-order valence-corrected chi connectivity index (χ1v) is 23.3. The lowest BCUT2D eigenvalue weighted by Gasteiger charge is -2.45. The zero-order valence-corrected chi connectivity index (χ0v) is 38.2. The molecule has 4 heterocycles. The van der Waals surface area contributed by atoms with Crippen LogP contribution in [-0.2, 0) is 15.3 Å². The van der Waals surface area contributed by atoms with Crippen molar-refractivity contribution in [3.05, 3.63) is 114 Å². The summed E-state index contributed by atoms with van der Waals surface area (Å²) in [5.74, 6) is -1.07. The number of likely N-dealkylation sites (tertiary alicyclic amines) is 1. The quantitative estimate of drug-likeness (QED) is 0.0484. The van der Waals surface area contributed by atoms with Gasteiger partial charge in [0.25, 0.3) is 17.5 Å². The van der Waals surface area contributed by atoms with Gasteiger partial charge < -0.3 is 39.9 Å². The number of amides is 3. The molecule has 0 radical (unpaired) electrons. The lowest BCUT2D eigenvalue weighted by atomic mass is 9.85. The van der Waals surface area contributed by atoms with E-state index in [4.69, 9.17) is 9.15 Å². The number of carboxylic acid groups (broad SMARTS) is 1. The van der Waals surface area contributed by atoms with E-state index in [0.717, 1.165) is 77.7 Å². The number of carbonyl (C=O) groups is 5. The summed E-state index contributed by atoms with van der Waals surface area (Å²) < 4.78 is 13.1. The summed E-state index contributed by atoms with van der Waals surface area (Å²) in [6.07, 6.45) is 5.56. The molecule has 0 aliphatic carbocycles. The number of nitrogens with zero attached hydrogens (tertiary/aromatic N) is 4. The molecule has 5 aromatic rings. The van der Waals surface area contributed by atoms with Crippen molar-refractivity contribution in [3.63, 3.8) is 0 Å². The van der Waals surface area contributed by atoms with E-state index in [0.29, 0.717) is 49.0 Å². The normalized spacial score (nSPS) is 17.6. The van der Waals surface area contributed by atoms with Crippen molar-refractivity contribution in [1.82, 2.24) is 19.5 Å². The van der Waals surface area contributed by atoms with Gasteiger partial charge in [0.05, 0.1) is 11.7 Å². The van der Waals surface area contributed by atoms with Crippen molar-refractivity contribution in [2.75, 3.05) is 48.8 Å². The molecule has 15 nitrogen and oxygen atoms in total. The van der Waals surface area contributed by atoms with Crippen molar-refractivity contribution in [3.8, 4) is 17.3 Å². The van der Waals surface area contributed by atoms with Gasteiger partial charge in [-0.15, -0.1) is 0 Å². The summed E-state index contributed by atoms with van der Waals surface area (Å²) in [4.78, 5) is 69.1. The fraction of sp³-hybridized carbons (Fsp3) is 0.360. The first kappa shape index (κ1) is 45.9. The second-order valence-corrected chi connectivity index (χ2v) is 18.5. The Kier molecular flexibility index (Phi) is 13.8. The van der Waals surface area contributed by atoms with Crippen molar-refractivity contribution in [1.29, 1.82) is 0 Å². The Morgan fingerprint density at radius 1 is 1.00 bits per heavy atom. The second kappa shape index (κ2) is 19.8. The highest BCUT2D eigenvalue weighted by atomic mass is 32.2. The summed E-state index contributed by atoms with van der Waals surface area (Å²) in [5.41, 5.74) is 6.53. The first-order chi connectivity index (χ1) is 31.9. The number of carboxylic acids is 1. The number of hydrogen-bond acceptors (Lipinski definition) is 12. The van der Waals surface area contributed by atoms with Crippen molar-refractivity contribution < 1.29 is 38.2 Å². The van der Waals surface area contributed by atoms with E-state index in [1.54, 1.807) is 30.0 Å². The molecule has 2 atom stereocenters. The third kappa shape index (κ3) is 9.65. The summed E-state index contributed by atoms with van der Waals surface area (Å²) in [5, 5.41) is 21.4. The van der Waals surface area contributed by atoms with Gasteiger partial charge in [-0.25, -0.2) is 13.9 Å². The van der Waals surface area contributed by atoms with Gasteiger partial charge in [0, 0.05) is 84.0 Å². The van der Waals surface area contributed by atoms with Crippen LogP contribution in [0.1, 0.15) is 90.3 Å². The Morgan fingerprint density at radius 3 is 2.52 bits per heavy atom. The number of piperidine rings is 2. The number of aromatic carboxylic acids is 1. The van der Waals surface area contributed by atoms with Gasteiger partial charge in [-0.2, -0.15) is 4.98 Å². The molecule has 2 unspecified atom stereocenters. The smallest absolute Gasteiger partial charge is 0.377 e. The predicted molar refractivity (Wildman–Crippen MR) is 256 cm³/mol. The molecule has 8 rings (SSSR count). The van der Waals surface area contributed by atoms with Gasteiger partial charge in [-0.1, -0.05) is 54.9 Å². The fourth-order valence-electron chi connectivity index (χ4n) is 9.53. The Hall–Kier alpha value is -6.65. The number of likely N-dealkylation sites (N-methyl/N-ethyl adjacent to an activating group) is 1. The monoisotopic (exact) mass is 913 g/mol. The molecule has 2 fully saturated rings. The number of ether oxygens (including phenoxy) is 1. The number of carbonyl (C=O) groups excluding carboxylic acids is 4. The lowest BCUT2D eigenvalue weighted by molar-refractivity contribution is -0.109. The van der Waals surface area contributed by atoms with Crippen LogP contribution in [0.25, 0.3) is 22.2 Å². The van der Waals surface area contributed by atoms with E-state index in [2.05, 4.69) is 63.9 Å². The number of nitrogens with one attached hydrogen (secondary N) is 3.